The fourth-order valence-electron chi connectivity index (χ4n) is 3.69. The van der Waals surface area contributed by atoms with Crippen LogP contribution in [0.25, 0.3) is 0 Å². The van der Waals surface area contributed by atoms with Gasteiger partial charge in [-0.2, -0.15) is 0 Å². The molecule has 0 unspecified atom stereocenters. The molecule has 0 aromatic rings. The number of hydrogen-bond acceptors (Lipinski definition) is 2. The van der Waals surface area contributed by atoms with Gasteiger partial charge in [-0.3, -0.25) is 0 Å². The Balaban J connectivity index is 5.44. The van der Waals surface area contributed by atoms with Crippen LogP contribution < -0.4 is 0 Å². The fraction of sp³-hybridized carbons (Fsp3) is 0.947. The molecule has 0 saturated carbocycles. The van der Waals surface area contributed by atoms with Crippen LogP contribution in [-0.2, 0) is 4.52 Å². The summed E-state index contributed by atoms with van der Waals surface area (Å²) in [4.78, 5) is 11.6. The Bertz CT molecular complexity index is 293. The third-order valence-electron chi connectivity index (χ3n) is 5.15. The molecule has 23 heavy (non-hydrogen) atoms. The van der Waals surface area contributed by atoms with E-state index in [1.54, 1.807) is 0 Å². The molecule has 0 heterocycles. The van der Waals surface area contributed by atoms with E-state index in [1.165, 1.54) is 19.3 Å². The Hall–Kier alpha value is -0.300. The molecular formula is C19H41O3P. The van der Waals surface area contributed by atoms with Crippen molar-refractivity contribution in [1.82, 2.24) is 0 Å². The second-order valence-electron chi connectivity index (χ2n) is 7.23. The normalized spacial score (nSPS) is 13.5. The molecule has 3 nitrogen and oxygen atoms in total. The van der Waals surface area contributed by atoms with Gasteiger partial charge in [0.15, 0.2) is 0 Å². The molecule has 0 spiro atoms. The monoisotopic (exact) mass is 348 g/mol. The Morgan fingerprint density at radius 3 is 1.43 bits per heavy atom. The Labute approximate surface area is 144 Å². The molecule has 0 aliphatic rings. The van der Waals surface area contributed by atoms with Gasteiger partial charge in [0, 0.05) is 0 Å². The third kappa shape index (κ3) is 8.38. The molecule has 0 aromatic heterocycles. The molecule has 0 saturated heterocycles. The van der Waals surface area contributed by atoms with Crippen molar-refractivity contribution in [2.24, 2.45) is 0 Å². The average molecular weight is 349 g/mol. The van der Waals surface area contributed by atoms with E-state index >= 15 is 0 Å². The molecule has 140 valence electrons. The zero-order chi connectivity index (χ0) is 17.6. The molecule has 0 bridgehead atoms. The van der Waals surface area contributed by atoms with Crippen molar-refractivity contribution in [2.75, 3.05) is 24.6 Å². The summed E-state index contributed by atoms with van der Waals surface area (Å²) >= 11 is 0. The van der Waals surface area contributed by atoms with Crippen molar-refractivity contribution < 1.29 is 14.4 Å². The van der Waals surface area contributed by atoms with Crippen LogP contribution in [0.2, 0.25) is 0 Å². The van der Waals surface area contributed by atoms with Crippen molar-refractivity contribution >= 4 is 13.0 Å². The number of rotatable bonds is 15. The van der Waals surface area contributed by atoms with Gasteiger partial charge < -0.3 is 0 Å². The second-order valence-corrected chi connectivity index (χ2v) is 12.9. The number of carbonyl (C=O) groups is 1. The molecule has 0 rings (SSSR count). The minimum atomic E-state index is -2.61. The summed E-state index contributed by atoms with van der Waals surface area (Å²) in [6.45, 7) is 6.20. The van der Waals surface area contributed by atoms with Crippen LogP contribution >= 0.6 is 6.83 Å². The topological polar surface area (TPSA) is 46.5 Å². The molecule has 0 aliphatic carbocycles. The molecule has 0 radical (unpaired) electrons. The van der Waals surface area contributed by atoms with Gasteiger partial charge in [-0.05, 0) is 0 Å². The Kier molecular flexibility index (Phi) is 12.0. The predicted molar refractivity (Wildman–Crippen MR) is 104 cm³/mol. The first kappa shape index (κ1) is 22.7. The van der Waals surface area contributed by atoms with E-state index in [1.807, 2.05) is 0 Å². The SMILES string of the molecule is CCCCCCP(CCCC)(CCCC)(CCCC)OC(=O)O. The van der Waals surface area contributed by atoms with Crippen molar-refractivity contribution in [3.8, 4) is 0 Å². The summed E-state index contributed by atoms with van der Waals surface area (Å²) in [7, 11) is 0. The van der Waals surface area contributed by atoms with Crippen molar-refractivity contribution in [3.05, 3.63) is 0 Å². The van der Waals surface area contributed by atoms with Gasteiger partial charge in [-0.15, -0.1) is 0 Å². The van der Waals surface area contributed by atoms with Crippen LogP contribution in [-0.4, -0.2) is 35.9 Å². The van der Waals surface area contributed by atoms with Crippen LogP contribution in [0.5, 0.6) is 0 Å². The van der Waals surface area contributed by atoms with Crippen molar-refractivity contribution in [3.63, 3.8) is 0 Å². The summed E-state index contributed by atoms with van der Waals surface area (Å²) in [5, 5.41) is 9.53. The number of hydrogen-bond donors (Lipinski definition) is 1. The molecule has 0 amide bonds. The Morgan fingerprint density at radius 1 is 0.696 bits per heavy atom. The quantitative estimate of drug-likeness (QED) is 0.253. The molecule has 0 aliphatic heterocycles. The Morgan fingerprint density at radius 2 is 1.09 bits per heavy atom. The first-order chi connectivity index (χ1) is 11.0. The fourth-order valence-corrected chi connectivity index (χ4v) is 10.2. The third-order valence-corrected chi connectivity index (χ3v) is 11.6. The minimum absolute atomic E-state index is 1.01. The summed E-state index contributed by atoms with van der Waals surface area (Å²) < 4.78 is 5.96. The maximum atomic E-state index is 11.6. The molecule has 4 heteroatoms. The zero-order valence-corrected chi connectivity index (χ0v) is 17.0. The van der Waals surface area contributed by atoms with Gasteiger partial charge in [0.1, 0.15) is 0 Å². The molecular weight excluding hydrogens is 307 g/mol. The molecule has 0 atom stereocenters. The van der Waals surface area contributed by atoms with E-state index < -0.39 is 13.0 Å². The van der Waals surface area contributed by atoms with Gasteiger partial charge in [-0.25, -0.2) is 0 Å². The number of unbranched alkanes of at least 4 members (excludes halogenated alkanes) is 6. The standard InChI is InChI=1S/C19H41O3P/c1-5-9-13-14-18-23(15-10-6-2,16-11-7-3,17-12-8-4)22-19(20)21/h5-18H2,1-4H3,(H,20,21). The molecule has 1 N–H and O–H groups in total. The molecule has 0 fully saturated rings. The van der Waals surface area contributed by atoms with Gasteiger partial charge in [0.05, 0.1) is 0 Å². The van der Waals surface area contributed by atoms with Crippen LogP contribution in [0.15, 0.2) is 0 Å². The summed E-state index contributed by atoms with van der Waals surface area (Å²) in [5.41, 5.74) is 0. The van der Waals surface area contributed by atoms with Gasteiger partial charge in [-0.1, -0.05) is 0 Å². The van der Waals surface area contributed by atoms with Gasteiger partial charge in [0.2, 0.25) is 0 Å². The first-order valence-corrected chi connectivity index (χ1v) is 12.8. The summed E-state index contributed by atoms with van der Waals surface area (Å²) in [6, 6.07) is 0. The van der Waals surface area contributed by atoms with Crippen molar-refractivity contribution in [2.45, 2.75) is 91.9 Å². The van der Waals surface area contributed by atoms with Crippen LogP contribution in [0.1, 0.15) is 91.9 Å². The molecule has 0 aromatic carbocycles. The van der Waals surface area contributed by atoms with E-state index in [-0.39, 0.29) is 0 Å². The van der Waals surface area contributed by atoms with E-state index in [0.717, 1.165) is 69.6 Å². The summed E-state index contributed by atoms with van der Waals surface area (Å²) in [6.07, 6.45) is 14.5. The van der Waals surface area contributed by atoms with Crippen molar-refractivity contribution in [1.29, 1.82) is 0 Å². The van der Waals surface area contributed by atoms with E-state index in [4.69, 9.17) is 4.52 Å². The van der Waals surface area contributed by atoms with Gasteiger partial charge in [0.25, 0.3) is 0 Å². The van der Waals surface area contributed by atoms with Crippen LogP contribution in [0, 0.1) is 0 Å². The zero-order valence-electron chi connectivity index (χ0n) is 16.1. The predicted octanol–water partition coefficient (Wildman–Crippen LogP) is 7.13. The second kappa shape index (κ2) is 12.1. The van der Waals surface area contributed by atoms with E-state index in [0.29, 0.717) is 0 Å². The van der Waals surface area contributed by atoms with Crippen LogP contribution in [0.3, 0.4) is 0 Å². The van der Waals surface area contributed by atoms with Gasteiger partial charge >= 0.3 is 144 Å². The van der Waals surface area contributed by atoms with Crippen LogP contribution in [0.4, 0.5) is 4.79 Å². The number of carboxylic acid groups (broad SMARTS) is 1. The summed E-state index contributed by atoms with van der Waals surface area (Å²) in [5.74, 6) is 0. The first-order valence-electron chi connectivity index (χ1n) is 9.91. The van der Waals surface area contributed by atoms with E-state index in [9.17, 15) is 9.90 Å². The van der Waals surface area contributed by atoms with E-state index in [2.05, 4.69) is 27.7 Å². The average Bonchev–Trinajstić information content (AvgIpc) is 2.53. The maximum absolute atomic E-state index is 11.6.